The fourth-order valence-electron chi connectivity index (χ4n) is 1.42. The van der Waals surface area contributed by atoms with E-state index in [2.05, 4.69) is 25.7 Å². The van der Waals surface area contributed by atoms with Gasteiger partial charge in [0.25, 0.3) is 0 Å². The third kappa shape index (κ3) is 4.60. The Morgan fingerprint density at radius 1 is 1.38 bits per heavy atom. The number of nitrogens with zero attached hydrogens (tertiary/aromatic N) is 1. The van der Waals surface area contributed by atoms with Crippen LogP contribution in [-0.2, 0) is 4.74 Å². The lowest BCUT2D eigenvalue weighted by Crippen LogP contribution is -2.49. The van der Waals surface area contributed by atoms with Crippen LogP contribution in [0.2, 0.25) is 0 Å². The summed E-state index contributed by atoms with van der Waals surface area (Å²) >= 11 is 0. The molecule has 0 aliphatic carbocycles. The number of nitrogens with two attached hydrogens (primary N) is 1. The first-order valence-corrected chi connectivity index (χ1v) is 5.02. The molecule has 0 heterocycles. The van der Waals surface area contributed by atoms with Crippen LogP contribution in [0.25, 0.3) is 0 Å². The highest BCUT2D eigenvalue weighted by atomic mass is 16.5. The van der Waals surface area contributed by atoms with Gasteiger partial charge in [0.05, 0.1) is 0 Å². The summed E-state index contributed by atoms with van der Waals surface area (Å²) in [6.45, 7) is 10.2. The van der Waals surface area contributed by atoms with Gasteiger partial charge in [-0.1, -0.05) is 6.92 Å². The summed E-state index contributed by atoms with van der Waals surface area (Å²) in [5.41, 5.74) is 5.83. The van der Waals surface area contributed by atoms with Crippen molar-refractivity contribution in [2.75, 3.05) is 33.4 Å². The fraction of sp³-hybridized carbons (Fsp3) is 1.00. The molecule has 0 spiro atoms. The lowest BCUT2D eigenvalue weighted by atomic mass is 10.0. The summed E-state index contributed by atoms with van der Waals surface area (Å²) in [5.74, 6) is 0. The van der Waals surface area contributed by atoms with Gasteiger partial charge < -0.3 is 10.5 Å². The fourth-order valence-corrected chi connectivity index (χ4v) is 1.42. The van der Waals surface area contributed by atoms with Crippen LogP contribution in [0.1, 0.15) is 27.2 Å². The molecule has 0 atom stereocenters. The second-order valence-corrected chi connectivity index (χ2v) is 3.94. The topological polar surface area (TPSA) is 38.5 Å². The summed E-state index contributed by atoms with van der Waals surface area (Å²) in [7, 11) is 1.74. The molecule has 3 heteroatoms. The van der Waals surface area contributed by atoms with Gasteiger partial charge in [0, 0.05) is 32.3 Å². The van der Waals surface area contributed by atoms with E-state index >= 15 is 0 Å². The van der Waals surface area contributed by atoms with E-state index in [-0.39, 0.29) is 5.54 Å². The summed E-state index contributed by atoms with van der Waals surface area (Å²) in [6, 6.07) is 0. The monoisotopic (exact) mass is 188 g/mol. The number of rotatable bonds is 7. The van der Waals surface area contributed by atoms with Gasteiger partial charge in [0.2, 0.25) is 0 Å². The number of methoxy groups -OCH3 is 1. The van der Waals surface area contributed by atoms with Crippen molar-refractivity contribution in [1.29, 1.82) is 0 Å². The molecule has 13 heavy (non-hydrogen) atoms. The van der Waals surface area contributed by atoms with Crippen LogP contribution in [-0.4, -0.2) is 43.8 Å². The maximum atomic E-state index is 5.71. The van der Waals surface area contributed by atoms with Crippen LogP contribution in [0.15, 0.2) is 0 Å². The van der Waals surface area contributed by atoms with Crippen LogP contribution in [0, 0.1) is 0 Å². The predicted octanol–water partition coefficient (Wildman–Crippen LogP) is 1.08. The lowest BCUT2D eigenvalue weighted by molar-refractivity contribution is 0.112. The second kappa shape index (κ2) is 6.35. The average molecular weight is 188 g/mol. The Balaban J connectivity index is 3.87. The van der Waals surface area contributed by atoms with Crippen molar-refractivity contribution >= 4 is 0 Å². The third-order valence-electron chi connectivity index (χ3n) is 2.51. The van der Waals surface area contributed by atoms with E-state index in [1.165, 1.54) is 0 Å². The summed E-state index contributed by atoms with van der Waals surface area (Å²) in [4.78, 5) is 2.39. The van der Waals surface area contributed by atoms with Gasteiger partial charge in [0.1, 0.15) is 0 Å². The normalized spacial score (nSPS) is 12.5. The molecule has 80 valence electrons. The van der Waals surface area contributed by atoms with E-state index in [4.69, 9.17) is 10.5 Å². The molecule has 2 N–H and O–H groups in total. The van der Waals surface area contributed by atoms with Crippen LogP contribution in [0.3, 0.4) is 0 Å². The maximum Gasteiger partial charge on any atom is 0.0474 e. The zero-order valence-corrected chi connectivity index (χ0v) is 9.47. The molecule has 0 aliphatic rings. The molecule has 0 amide bonds. The molecule has 0 unspecified atom stereocenters. The Bertz CT molecular complexity index is 126. The summed E-state index contributed by atoms with van der Waals surface area (Å²) in [5, 5.41) is 0. The van der Waals surface area contributed by atoms with Crippen LogP contribution in [0.4, 0.5) is 0 Å². The van der Waals surface area contributed by atoms with Gasteiger partial charge >= 0.3 is 0 Å². The van der Waals surface area contributed by atoms with Gasteiger partial charge in [0.15, 0.2) is 0 Å². The zero-order chi connectivity index (χ0) is 10.3. The van der Waals surface area contributed by atoms with E-state index in [0.717, 1.165) is 26.1 Å². The zero-order valence-electron chi connectivity index (χ0n) is 9.47. The Hall–Kier alpha value is -0.120. The molecule has 0 saturated carbocycles. The highest BCUT2D eigenvalue weighted by Gasteiger charge is 2.22. The Kier molecular flexibility index (Phi) is 6.29. The first-order valence-electron chi connectivity index (χ1n) is 5.02. The molecule has 0 radical (unpaired) electrons. The predicted molar refractivity (Wildman–Crippen MR) is 56.9 cm³/mol. The van der Waals surface area contributed by atoms with Crippen LogP contribution >= 0.6 is 0 Å². The third-order valence-corrected chi connectivity index (χ3v) is 2.51. The first kappa shape index (κ1) is 12.9. The van der Waals surface area contributed by atoms with Crippen molar-refractivity contribution in [3.63, 3.8) is 0 Å². The Labute approximate surface area is 82.2 Å². The Morgan fingerprint density at radius 3 is 2.38 bits per heavy atom. The van der Waals surface area contributed by atoms with E-state index in [0.29, 0.717) is 6.54 Å². The van der Waals surface area contributed by atoms with Crippen molar-refractivity contribution in [3.8, 4) is 0 Å². The molecule has 0 aromatic rings. The molecule has 3 nitrogen and oxygen atoms in total. The molecular weight excluding hydrogens is 164 g/mol. The standard InChI is InChI=1S/C10H24N2O/c1-5-12(7-6-8-13-4)10(2,3)9-11/h5-9,11H2,1-4H3. The molecular formula is C10H24N2O. The number of hydrogen-bond donors (Lipinski definition) is 1. The van der Waals surface area contributed by atoms with Gasteiger partial charge in [-0.15, -0.1) is 0 Å². The van der Waals surface area contributed by atoms with Crippen molar-refractivity contribution in [1.82, 2.24) is 4.90 Å². The van der Waals surface area contributed by atoms with Gasteiger partial charge in [-0.2, -0.15) is 0 Å². The smallest absolute Gasteiger partial charge is 0.0474 e. The van der Waals surface area contributed by atoms with E-state index < -0.39 is 0 Å². The molecule has 0 bridgehead atoms. The summed E-state index contributed by atoms with van der Waals surface area (Å²) in [6.07, 6.45) is 1.08. The minimum Gasteiger partial charge on any atom is -0.385 e. The number of hydrogen-bond acceptors (Lipinski definition) is 3. The minimum absolute atomic E-state index is 0.114. The second-order valence-electron chi connectivity index (χ2n) is 3.94. The van der Waals surface area contributed by atoms with E-state index in [9.17, 15) is 0 Å². The lowest BCUT2D eigenvalue weighted by Gasteiger charge is -2.37. The van der Waals surface area contributed by atoms with Gasteiger partial charge in [-0.05, 0) is 26.8 Å². The number of ether oxygens (including phenoxy) is 1. The maximum absolute atomic E-state index is 5.71. The SMILES string of the molecule is CCN(CCCOC)C(C)(C)CN. The van der Waals surface area contributed by atoms with Crippen LogP contribution < -0.4 is 5.73 Å². The quantitative estimate of drug-likeness (QED) is 0.608. The largest absolute Gasteiger partial charge is 0.385 e. The van der Waals surface area contributed by atoms with Crippen LogP contribution in [0.5, 0.6) is 0 Å². The van der Waals surface area contributed by atoms with Gasteiger partial charge in [-0.25, -0.2) is 0 Å². The highest BCUT2D eigenvalue weighted by molar-refractivity contribution is 4.81. The first-order chi connectivity index (χ1) is 6.08. The van der Waals surface area contributed by atoms with Crippen molar-refractivity contribution in [2.24, 2.45) is 5.73 Å². The Morgan fingerprint density at radius 2 is 2.00 bits per heavy atom. The van der Waals surface area contributed by atoms with E-state index in [1.54, 1.807) is 7.11 Å². The average Bonchev–Trinajstić information content (AvgIpc) is 2.12. The summed E-state index contributed by atoms with van der Waals surface area (Å²) < 4.78 is 5.03. The molecule has 0 aromatic carbocycles. The van der Waals surface area contributed by atoms with Crippen molar-refractivity contribution in [2.45, 2.75) is 32.7 Å². The molecule has 0 aliphatic heterocycles. The van der Waals surface area contributed by atoms with Crippen molar-refractivity contribution < 1.29 is 4.74 Å². The highest BCUT2D eigenvalue weighted by Crippen LogP contribution is 2.12. The molecule has 0 fully saturated rings. The molecule has 0 aromatic heterocycles. The van der Waals surface area contributed by atoms with Gasteiger partial charge in [-0.3, -0.25) is 4.90 Å². The van der Waals surface area contributed by atoms with Crippen molar-refractivity contribution in [3.05, 3.63) is 0 Å². The number of likely N-dealkylation sites (N-methyl/N-ethyl adjacent to an activating group) is 1. The molecule has 0 saturated heterocycles. The van der Waals surface area contributed by atoms with E-state index in [1.807, 2.05) is 0 Å². The molecule has 0 rings (SSSR count). The minimum atomic E-state index is 0.114.